The van der Waals surface area contributed by atoms with Crippen molar-refractivity contribution >= 4 is 5.91 Å². The topological polar surface area (TPSA) is 42.0 Å². The van der Waals surface area contributed by atoms with E-state index < -0.39 is 11.9 Å². The maximum atomic E-state index is 13.4. The van der Waals surface area contributed by atoms with E-state index >= 15 is 0 Å². The highest BCUT2D eigenvalue weighted by Gasteiger charge is 2.19. The van der Waals surface area contributed by atoms with Crippen molar-refractivity contribution in [3.8, 4) is 0 Å². The minimum Gasteiger partial charge on any atom is -0.355 e. The van der Waals surface area contributed by atoms with Gasteiger partial charge in [0.2, 0.25) is 5.95 Å². The molecule has 0 saturated heterocycles. The molecular formula is C11H15FN2O. The number of hydrogen-bond acceptors (Lipinski definition) is 2. The highest BCUT2D eigenvalue weighted by atomic mass is 19.1. The first kappa shape index (κ1) is 11.6. The van der Waals surface area contributed by atoms with Gasteiger partial charge in [-0.1, -0.05) is 20.8 Å². The van der Waals surface area contributed by atoms with Crippen molar-refractivity contribution in [2.75, 3.05) is 7.05 Å². The average Bonchev–Trinajstić information content (AvgIpc) is 2.15. The van der Waals surface area contributed by atoms with Crippen LogP contribution in [0.5, 0.6) is 0 Å². The summed E-state index contributed by atoms with van der Waals surface area (Å²) < 4.78 is 13.4. The van der Waals surface area contributed by atoms with Gasteiger partial charge in [-0.05, 0) is 12.1 Å². The van der Waals surface area contributed by atoms with Crippen molar-refractivity contribution in [1.29, 1.82) is 0 Å². The largest absolute Gasteiger partial charge is 0.355 e. The molecule has 1 amide bonds. The molecule has 1 aromatic rings. The highest BCUT2D eigenvalue weighted by Crippen LogP contribution is 2.20. The SMILES string of the molecule is CNC(=O)c1ccc(C(C)(C)C)nc1F. The van der Waals surface area contributed by atoms with E-state index in [4.69, 9.17) is 0 Å². The van der Waals surface area contributed by atoms with Crippen LogP contribution in [-0.2, 0) is 5.41 Å². The van der Waals surface area contributed by atoms with Crippen LogP contribution in [0.3, 0.4) is 0 Å². The molecule has 0 aliphatic heterocycles. The Labute approximate surface area is 88.7 Å². The molecule has 82 valence electrons. The lowest BCUT2D eigenvalue weighted by molar-refractivity contribution is 0.0958. The van der Waals surface area contributed by atoms with E-state index in [0.29, 0.717) is 5.69 Å². The summed E-state index contributed by atoms with van der Waals surface area (Å²) in [6.45, 7) is 5.82. The van der Waals surface area contributed by atoms with Crippen molar-refractivity contribution in [1.82, 2.24) is 10.3 Å². The van der Waals surface area contributed by atoms with E-state index in [0.717, 1.165) is 0 Å². The second-order valence-corrected chi connectivity index (χ2v) is 4.36. The van der Waals surface area contributed by atoms with Crippen LogP contribution in [0.2, 0.25) is 0 Å². The number of nitrogens with one attached hydrogen (secondary N) is 1. The summed E-state index contributed by atoms with van der Waals surface area (Å²) >= 11 is 0. The fraction of sp³-hybridized carbons (Fsp3) is 0.455. The molecule has 1 rings (SSSR count). The number of pyridine rings is 1. The Morgan fingerprint density at radius 2 is 2.00 bits per heavy atom. The molecule has 0 aliphatic carbocycles. The Balaban J connectivity index is 3.15. The van der Waals surface area contributed by atoms with Crippen LogP contribution in [0.1, 0.15) is 36.8 Å². The molecular weight excluding hydrogens is 195 g/mol. The normalized spacial score (nSPS) is 11.3. The summed E-state index contributed by atoms with van der Waals surface area (Å²) in [6.07, 6.45) is 0. The predicted molar refractivity (Wildman–Crippen MR) is 56.3 cm³/mol. The van der Waals surface area contributed by atoms with Crippen molar-refractivity contribution in [2.24, 2.45) is 0 Å². The Hall–Kier alpha value is -1.45. The van der Waals surface area contributed by atoms with E-state index in [-0.39, 0.29) is 11.0 Å². The monoisotopic (exact) mass is 210 g/mol. The predicted octanol–water partition coefficient (Wildman–Crippen LogP) is 1.88. The first-order valence-corrected chi connectivity index (χ1v) is 4.75. The lowest BCUT2D eigenvalue weighted by Gasteiger charge is -2.17. The Bertz CT molecular complexity index is 383. The number of rotatable bonds is 1. The molecule has 0 radical (unpaired) electrons. The highest BCUT2D eigenvalue weighted by molar-refractivity contribution is 5.93. The van der Waals surface area contributed by atoms with Gasteiger partial charge in [0.05, 0.1) is 5.56 Å². The first-order valence-electron chi connectivity index (χ1n) is 4.75. The summed E-state index contributed by atoms with van der Waals surface area (Å²) in [4.78, 5) is 15.0. The summed E-state index contributed by atoms with van der Waals surface area (Å²) in [5.41, 5.74) is 0.389. The zero-order valence-corrected chi connectivity index (χ0v) is 9.39. The van der Waals surface area contributed by atoms with Gasteiger partial charge in [0, 0.05) is 18.2 Å². The maximum absolute atomic E-state index is 13.4. The minimum absolute atomic E-state index is 0.0227. The molecule has 0 atom stereocenters. The number of aromatic nitrogens is 1. The summed E-state index contributed by atoms with van der Waals surface area (Å²) in [6, 6.07) is 3.13. The summed E-state index contributed by atoms with van der Waals surface area (Å²) in [5.74, 6) is -1.18. The number of carbonyl (C=O) groups excluding carboxylic acids is 1. The molecule has 3 nitrogen and oxygen atoms in total. The van der Waals surface area contributed by atoms with Gasteiger partial charge in [0.1, 0.15) is 0 Å². The maximum Gasteiger partial charge on any atom is 0.255 e. The fourth-order valence-corrected chi connectivity index (χ4v) is 1.16. The van der Waals surface area contributed by atoms with Crippen LogP contribution >= 0.6 is 0 Å². The van der Waals surface area contributed by atoms with Crippen molar-refractivity contribution in [2.45, 2.75) is 26.2 Å². The van der Waals surface area contributed by atoms with Gasteiger partial charge in [-0.25, -0.2) is 4.98 Å². The average molecular weight is 210 g/mol. The standard InChI is InChI=1S/C11H15FN2O/c1-11(2,3)8-6-5-7(9(12)14-8)10(15)13-4/h5-6H,1-4H3,(H,13,15). The Morgan fingerprint density at radius 1 is 1.40 bits per heavy atom. The van der Waals surface area contributed by atoms with Gasteiger partial charge in [-0.3, -0.25) is 4.79 Å². The molecule has 15 heavy (non-hydrogen) atoms. The molecule has 1 aromatic heterocycles. The van der Waals surface area contributed by atoms with Gasteiger partial charge >= 0.3 is 0 Å². The van der Waals surface area contributed by atoms with Crippen LogP contribution in [0, 0.1) is 5.95 Å². The molecule has 4 heteroatoms. The summed E-state index contributed by atoms with van der Waals surface area (Å²) in [7, 11) is 1.46. The molecule has 0 fully saturated rings. The van der Waals surface area contributed by atoms with E-state index in [1.165, 1.54) is 13.1 Å². The molecule has 0 aromatic carbocycles. The molecule has 0 saturated carbocycles. The lowest BCUT2D eigenvalue weighted by atomic mass is 9.91. The smallest absolute Gasteiger partial charge is 0.255 e. The first-order chi connectivity index (χ1) is 6.86. The molecule has 0 aliphatic rings. The number of nitrogens with zero attached hydrogens (tertiary/aromatic N) is 1. The third-order valence-corrected chi connectivity index (χ3v) is 2.09. The van der Waals surface area contributed by atoms with Crippen LogP contribution in [0.4, 0.5) is 4.39 Å². The van der Waals surface area contributed by atoms with Crippen molar-refractivity contribution in [3.63, 3.8) is 0 Å². The zero-order valence-electron chi connectivity index (χ0n) is 9.39. The van der Waals surface area contributed by atoms with Crippen molar-refractivity contribution < 1.29 is 9.18 Å². The minimum atomic E-state index is -0.721. The Morgan fingerprint density at radius 3 is 2.40 bits per heavy atom. The number of hydrogen-bond donors (Lipinski definition) is 1. The number of halogens is 1. The van der Waals surface area contributed by atoms with E-state index in [1.54, 1.807) is 6.07 Å². The van der Waals surface area contributed by atoms with Crippen molar-refractivity contribution in [3.05, 3.63) is 29.3 Å². The molecule has 0 spiro atoms. The third-order valence-electron chi connectivity index (χ3n) is 2.09. The van der Waals surface area contributed by atoms with Gasteiger partial charge in [0.15, 0.2) is 0 Å². The van der Waals surface area contributed by atoms with E-state index in [1.807, 2.05) is 20.8 Å². The number of amides is 1. The third kappa shape index (κ3) is 2.52. The van der Waals surface area contributed by atoms with Crippen LogP contribution in [-0.4, -0.2) is 17.9 Å². The van der Waals surface area contributed by atoms with Gasteiger partial charge in [-0.2, -0.15) is 4.39 Å². The van der Waals surface area contributed by atoms with Crippen LogP contribution in [0.25, 0.3) is 0 Å². The second kappa shape index (κ2) is 3.96. The van der Waals surface area contributed by atoms with Crippen LogP contribution in [0.15, 0.2) is 12.1 Å². The molecule has 1 heterocycles. The molecule has 0 bridgehead atoms. The van der Waals surface area contributed by atoms with E-state index in [2.05, 4.69) is 10.3 Å². The number of carbonyl (C=O) groups is 1. The quantitative estimate of drug-likeness (QED) is 0.719. The molecule has 0 unspecified atom stereocenters. The second-order valence-electron chi connectivity index (χ2n) is 4.36. The van der Waals surface area contributed by atoms with Gasteiger partial charge < -0.3 is 5.32 Å². The lowest BCUT2D eigenvalue weighted by Crippen LogP contribution is -2.21. The summed E-state index contributed by atoms with van der Waals surface area (Å²) in [5, 5.41) is 2.36. The Kier molecular flexibility index (Phi) is 3.07. The van der Waals surface area contributed by atoms with Gasteiger partial charge in [0.25, 0.3) is 5.91 Å². The fourth-order valence-electron chi connectivity index (χ4n) is 1.16. The van der Waals surface area contributed by atoms with E-state index in [9.17, 15) is 9.18 Å². The van der Waals surface area contributed by atoms with Crippen LogP contribution < -0.4 is 5.32 Å². The molecule has 1 N–H and O–H groups in total. The van der Waals surface area contributed by atoms with Gasteiger partial charge in [-0.15, -0.1) is 0 Å². The zero-order chi connectivity index (χ0) is 11.6.